The van der Waals surface area contributed by atoms with Gasteiger partial charge in [-0.25, -0.2) is 18.2 Å². The zero-order valence-electron chi connectivity index (χ0n) is 21.3. The summed E-state index contributed by atoms with van der Waals surface area (Å²) in [5.41, 5.74) is -2.83. The molecule has 1 aliphatic carbocycles. The Balaban J connectivity index is 1.57. The molecule has 2 heterocycles. The minimum absolute atomic E-state index is 0.00635. The Kier molecular flexibility index (Phi) is 8.18. The van der Waals surface area contributed by atoms with E-state index in [0.29, 0.717) is 17.1 Å². The van der Waals surface area contributed by atoms with Crippen LogP contribution in [-0.4, -0.2) is 54.2 Å². The summed E-state index contributed by atoms with van der Waals surface area (Å²) in [5.74, 6) is -4.59. The largest absolute Gasteiger partial charge is 0.755 e. The molecule has 0 spiro atoms. The number of aromatic amines is 1. The highest BCUT2D eigenvalue weighted by Gasteiger charge is 2.29. The standard InChI is InChI=1S/C26H23ClF3N5O5S/c1-40-26-18(10-12(27)11-31-26)35(41(38)39)17-9-8-15(28)20(22(17)30)13-6-7-14-23(21(13)29)33-34-24(14)25(37)32-16-4-2-3-5-19(16)36/h6-11,16,19,36H,2-5H2,1H3,(H,32,37)(H,33,34)(H,38,39)/p-1. The fraction of sp³-hybridized carbons (Fsp3) is 0.269. The van der Waals surface area contributed by atoms with E-state index in [1.54, 1.807) is 0 Å². The van der Waals surface area contributed by atoms with E-state index in [9.17, 15) is 18.7 Å². The average Bonchev–Trinajstić information content (AvgIpc) is 3.38. The number of methoxy groups -OCH3 is 1. The van der Waals surface area contributed by atoms with E-state index in [0.717, 1.165) is 37.1 Å². The van der Waals surface area contributed by atoms with Crippen molar-refractivity contribution in [1.29, 1.82) is 0 Å². The molecule has 1 amide bonds. The molecule has 1 fully saturated rings. The SMILES string of the molecule is COc1ncc(Cl)cc1N(c1ccc(F)c(-c2ccc3c(C(=O)NC4CCCCC4O)[nH]nc3c2F)c1F)S(=O)[O-]. The number of anilines is 2. The summed E-state index contributed by atoms with van der Waals surface area (Å²) >= 11 is 2.79. The Morgan fingerprint density at radius 2 is 1.95 bits per heavy atom. The minimum Gasteiger partial charge on any atom is -0.755 e. The van der Waals surface area contributed by atoms with E-state index in [-0.39, 0.29) is 33.2 Å². The Hall–Kier alpha value is -3.72. The minimum atomic E-state index is -3.17. The molecule has 3 unspecified atom stereocenters. The highest BCUT2D eigenvalue weighted by molar-refractivity contribution is 7.81. The van der Waals surface area contributed by atoms with Crippen molar-refractivity contribution in [3.8, 4) is 17.0 Å². The summed E-state index contributed by atoms with van der Waals surface area (Å²) in [5, 5.41) is 19.2. The second kappa shape index (κ2) is 11.6. The topological polar surface area (TPSA) is 144 Å². The van der Waals surface area contributed by atoms with Crippen molar-refractivity contribution < 1.29 is 36.6 Å². The van der Waals surface area contributed by atoms with Gasteiger partial charge in [0.05, 0.1) is 46.8 Å². The molecule has 4 aromatic rings. The normalized spacial score (nSPS) is 17.8. The molecule has 0 saturated heterocycles. The molecular weight excluding hydrogens is 587 g/mol. The fourth-order valence-corrected chi connectivity index (χ4v) is 5.63. The average molecular weight is 609 g/mol. The number of hydrogen-bond donors (Lipinski definition) is 3. The van der Waals surface area contributed by atoms with Crippen LogP contribution in [0.2, 0.25) is 5.02 Å². The number of benzene rings is 2. The number of carbonyl (C=O) groups is 1. The Morgan fingerprint density at radius 1 is 1.20 bits per heavy atom. The van der Waals surface area contributed by atoms with Crippen LogP contribution in [0.4, 0.5) is 24.5 Å². The number of aliphatic hydroxyl groups excluding tert-OH is 1. The first-order valence-electron chi connectivity index (χ1n) is 12.3. The quantitative estimate of drug-likeness (QED) is 0.259. The highest BCUT2D eigenvalue weighted by atomic mass is 35.5. The molecule has 15 heteroatoms. The van der Waals surface area contributed by atoms with Crippen molar-refractivity contribution in [2.24, 2.45) is 0 Å². The number of pyridine rings is 1. The van der Waals surface area contributed by atoms with Gasteiger partial charge in [-0.3, -0.25) is 18.4 Å². The third-order valence-corrected chi connectivity index (χ3v) is 7.76. The number of rotatable bonds is 7. The number of aromatic nitrogens is 3. The van der Waals surface area contributed by atoms with Crippen molar-refractivity contribution in [3.63, 3.8) is 0 Å². The van der Waals surface area contributed by atoms with E-state index in [2.05, 4.69) is 20.5 Å². The van der Waals surface area contributed by atoms with Crippen molar-refractivity contribution >= 4 is 51.1 Å². The second-order valence-electron chi connectivity index (χ2n) is 9.30. The molecule has 3 N–H and O–H groups in total. The molecule has 41 heavy (non-hydrogen) atoms. The number of hydrogen-bond acceptors (Lipinski definition) is 7. The van der Waals surface area contributed by atoms with Crippen LogP contribution in [0.15, 0.2) is 36.5 Å². The van der Waals surface area contributed by atoms with Gasteiger partial charge in [0.15, 0.2) is 11.6 Å². The molecule has 216 valence electrons. The number of nitrogens with one attached hydrogen (secondary N) is 2. The predicted octanol–water partition coefficient (Wildman–Crippen LogP) is 4.67. The Labute approximate surface area is 238 Å². The highest BCUT2D eigenvalue weighted by Crippen LogP contribution is 2.41. The van der Waals surface area contributed by atoms with Gasteiger partial charge in [0.1, 0.15) is 22.7 Å². The summed E-state index contributed by atoms with van der Waals surface area (Å²) in [6, 6.07) is 4.64. The first-order valence-corrected chi connectivity index (χ1v) is 13.8. The lowest BCUT2D eigenvalue weighted by molar-refractivity contribution is 0.0715. The maximum absolute atomic E-state index is 15.9. The fourth-order valence-electron chi connectivity index (χ4n) is 4.89. The molecular formula is C26H22ClF3N5O5S-. The molecule has 5 rings (SSSR count). The van der Waals surface area contributed by atoms with Gasteiger partial charge in [0, 0.05) is 17.1 Å². The van der Waals surface area contributed by atoms with Gasteiger partial charge >= 0.3 is 0 Å². The number of halogens is 4. The second-order valence-corrected chi connectivity index (χ2v) is 10.5. The smallest absolute Gasteiger partial charge is 0.270 e. The van der Waals surface area contributed by atoms with E-state index in [1.807, 2.05) is 0 Å². The van der Waals surface area contributed by atoms with Crippen LogP contribution in [-0.2, 0) is 11.3 Å². The lowest BCUT2D eigenvalue weighted by Gasteiger charge is -2.28. The van der Waals surface area contributed by atoms with Gasteiger partial charge < -0.3 is 19.7 Å². The van der Waals surface area contributed by atoms with Gasteiger partial charge in [0.25, 0.3) is 5.91 Å². The molecule has 2 aromatic carbocycles. The Morgan fingerprint density at radius 3 is 2.66 bits per heavy atom. The van der Waals surface area contributed by atoms with E-state index >= 15 is 13.2 Å². The van der Waals surface area contributed by atoms with Crippen LogP contribution in [0.5, 0.6) is 5.88 Å². The summed E-state index contributed by atoms with van der Waals surface area (Å²) in [7, 11) is 1.21. The third-order valence-electron chi connectivity index (χ3n) is 6.86. The summed E-state index contributed by atoms with van der Waals surface area (Å²) in [6.07, 6.45) is 3.26. The van der Waals surface area contributed by atoms with E-state index in [4.69, 9.17) is 16.3 Å². The molecule has 1 aliphatic rings. The number of fused-ring (bicyclic) bond motifs is 1. The lowest BCUT2D eigenvalue weighted by Crippen LogP contribution is -2.45. The number of carbonyl (C=O) groups excluding carboxylic acids is 1. The number of aliphatic hydroxyl groups is 1. The number of nitrogens with zero attached hydrogens (tertiary/aromatic N) is 3. The predicted molar refractivity (Wildman–Crippen MR) is 144 cm³/mol. The molecule has 0 aliphatic heterocycles. The van der Waals surface area contributed by atoms with Crippen LogP contribution < -0.4 is 14.4 Å². The zero-order chi connectivity index (χ0) is 29.4. The van der Waals surface area contributed by atoms with Crippen LogP contribution >= 0.6 is 11.6 Å². The van der Waals surface area contributed by atoms with Crippen LogP contribution in [0, 0.1) is 17.5 Å². The third kappa shape index (κ3) is 5.35. The van der Waals surface area contributed by atoms with Gasteiger partial charge in [0.2, 0.25) is 5.88 Å². The number of amides is 1. The lowest BCUT2D eigenvalue weighted by atomic mass is 9.92. The van der Waals surface area contributed by atoms with Crippen molar-refractivity contribution in [2.45, 2.75) is 37.8 Å². The summed E-state index contributed by atoms with van der Waals surface area (Å²) in [4.78, 5) is 16.8. The van der Waals surface area contributed by atoms with E-state index < -0.39 is 63.6 Å². The summed E-state index contributed by atoms with van der Waals surface area (Å²) in [6.45, 7) is 0. The maximum Gasteiger partial charge on any atom is 0.270 e. The first kappa shape index (κ1) is 28.8. The Bertz CT molecular complexity index is 1670. The molecule has 10 nitrogen and oxygen atoms in total. The van der Waals surface area contributed by atoms with Crippen LogP contribution in [0.3, 0.4) is 0 Å². The van der Waals surface area contributed by atoms with Gasteiger partial charge in [-0.1, -0.05) is 30.5 Å². The van der Waals surface area contributed by atoms with Gasteiger partial charge in [-0.15, -0.1) is 0 Å². The van der Waals surface area contributed by atoms with E-state index in [1.165, 1.54) is 19.4 Å². The van der Waals surface area contributed by atoms with Crippen molar-refractivity contribution in [3.05, 3.63) is 64.7 Å². The maximum atomic E-state index is 15.9. The summed E-state index contributed by atoms with van der Waals surface area (Å²) < 4.78 is 76.7. The number of H-pyrrole nitrogens is 1. The molecule has 0 bridgehead atoms. The molecule has 0 radical (unpaired) electrons. The van der Waals surface area contributed by atoms with Crippen molar-refractivity contribution in [1.82, 2.24) is 20.5 Å². The van der Waals surface area contributed by atoms with Crippen LogP contribution in [0.25, 0.3) is 22.0 Å². The van der Waals surface area contributed by atoms with Gasteiger partial charge in [-0.05, 0) is 37.1 Å². The number of ether oxygens (including phenoxy) is 1. The molecule has 3 atom stereocenters. The first-order chi connectivity index (χ1) is 19.6. The van der Waals surface area contributed by atoms with Crippen LogP contribution in [0.1, 0.15) is 36.2 Å². The molecule has 2 aromatic heterocycles. The zero-order valence-corrected chi connectivity index (χ0v) is 22.9. The van der Waals surface area contributed by atoms with Crippen molar-refractivity contribution in [2.75, 3.05) is 11.4 Å². The molecule has 1 saturated carbocycles. The monoisotopic (exact) mass is 608 g/mol. The van der Waals surface area contributed by atoms with Gasteiger partial charge in [-0.2, -0.15) is 5.10 Å².